The van der Waals surface area contributed by atoms with Crippen molar-refractivity contribution in [2.24, 2.45) is 7.05 Å². The van der Waals surface area contributed by atoms with Gasteiger partial charge in [0.15, 0.2) is 0 Å². The van der Waals surface area contributed by atoms with E-state index in [0.717, 1.165) is 27.6 Å². The van der Waals surface area contributed by atoms with Gasteiger partial charge in [-0.2, -0.15) is 5.10 Å². The molecule has 0 aliphatic rings. The highest BCUT2D eigenvalue weighted by Gasteiger charge is 2.23. The van der Waals surface area contributed by atoms with Crippen LogP contribution in [0.25, 0.3) is 21.8 Å². The number of para-hydroxylation sites is 1. The maximum Gasteiger partial charge on any atom is 0.291 e. The second kappa shape index (κ2) is 7.43. The molecule has 2 heterocycles. The number of carbonyl (C=O) groups is 1. The van der Waals surface area contributed by atoms with Gasteiger partial charge in [0, 0.05) is 24.4 Å². The fraction of sp³-hybridized carbons (Fsp3) is 0.227. The normalized spacial score (nSPS) is 12.2. The molecule has 7 heteroatoms. The Morgan fingerprint density at radius 1 is 1.17 bits per heavy atom. The summed E-state index contributed by atoms with van der Waals surface area (Å²) in [4.78, 5) is 25.8. The lowest BCUT2D eigenvalue weighted by atomic mass is 10.2. The average Bonchev–Trinajstić information content (AvgIpc) is 3.09. The van der Waals surface area contributed by atoms with Crippen molar-refractivity contribution >= 4 is 27.7 Å². The monoisotopic (exact) mass is 390 g/mol. The highest BCUT2D eigenvalue weighted by Crippen LogP contribution is 2.29. The van der Waals surface area contributed by atoms with E-state index in [2.05, 4.69) is 10.4 Å². The number of amides is 1. The Morgan fingerprint density at radius 3 is 2.76 bits per heavy atom. The van der Waals surface area contributed by atoms with E-state index >= 15 is 0 Å². The van der Waals surface area contributed by atoms with Crippen LogP contribution in [0.5, 0.6) is 5.75 Å². The van der Waals surface area contributed by atoms with Crippen LogP contribution in [0.15, 0.2) is 59.5 Å². The summed E-state index contributed by atoms with van der Waals surface area (Å²) in [6.07, 6.45) is 1.68. The van der Waals surface area contributed by atoms with Crippen molar-refractivity contribution in [3.63, 3.8) is 0 Å². The Kier molecular flexibility index (Phi) is 4.80. The van der Waals surface area contributed by atoms with Gasteiger partial charge in [0.1, 0.15) is 17.3 Å². The maximum absolute atomic E-state index is 13.0. The number of carbonyl (C=O) groups excluding carboxylic acids is 1. The van der Waals surface area contributed by atoms with Crippen molar-refractivity contribution < 1.29 is 9.53 Å². The van der Waals surface area contributed by atoms with Crippen LogP contribution in [0, 0.1) is 0 Å². The molecule has 2 aromatic heterocycles. The zero-order chi connectivity index (χ0) is 20.5. The number of rotatable bonds is 5. The first-order valence-electron chi connectivity index (χ1n) is 9.37. The molecule has 2 aromatic carbocycles. The number of fused-ring (bicyclic) bond motifs is 3. The lowest BCUT2D eigenvalue weighted by Crippen LogP contribution is -2.32. The lowest BCUT2D eigenvalue weighted by molar-refractivity contribution is -0.123. The Bertz CT molecular complexity index is 1270. The fourth-order valence-corrected chi connectivity index (χ4v) is 3.63. The minimum Gasteiger partial charge on any atom is -0.497 e. The molecule has 1 atom stereocenters. The Labute approximate surface area is 167 Å². The van der Waals surface area contributed by atoms with Gasteiger partial charge in [-0.05, 0) is 30.7 Å². The van der Waals surface area contributed by atoms with Gasteiger partial charge in [-0.15, -0.1) is 0 Å². The molecular weight excluding hydrogens is 368 g/mol. The van der Waals surface area contributed by atoms with Gasteiger partial charge in [0.25, 0.3) is 5.56 Å². The summed E-state index contributed by atoms with van der Waals surface area (Å²) in [6, 6.07) is 14.6. The molecule has 0 fully saturated rings. The largest absolute Gasteiger partial charge is 0.497 e. The Hall–Kier alpha value is -3.61. The number of aromatic nitrogens is 3. The van der Waals surface area contributed by atoms with Crippen molar-refractivity contribution in [1.29, 1.82) is 0 Å². The van der Waals surface area contributed by atoms with Crippen LogP contribution in [-0.4, -0.2) is 27.4 Å². The molecule has 0 bridgehead atoms. The fourth-order valence-electron chi connectivity index (χ4n) is 3.63. The summed E-state index contributed by atoms with van der Waals surface area (Å²) in [6.45, 7) is 2.17. The predicted octanol–water partition coefficient (Wildman–Crippen LogP) is 2.77. The van der Waals surface area contributed by atoms with E-state index in [4.69, 9.17) is 4.74 Å². The zero-order valence-corrected chi connectivity index (χ0v) is 16.5. The smallest absolute Gasteiger partial charge is 0.291 e. The van der Waals surface area contributed by atoms with E-state index in [1.807, 2.05) is 48.5 Å². The first kappa shape index (κ1) is 18.7. The third-order valence-corrected chi connectivity index (χ3v) is 5.17. The molecule has 148 valence electrons. The number of aryl methyl sites for hydroxylation is 1. The van der Waals surface area contributed by atoms with Crippen LogP contribution in [0.4, 0.5) is 0 Å². The second-order valence-electron chi connectivity index (χ2n) is 6.97. The molecule has 0 aliphatic carbocycles. The van der Waals surface area contributed by atoms with Crippen LogP contribution in [0.1, 0.15) is 18.5 Å². The van der Waals surface area contributed by atoms with E-state index in [0.29, 0.717) is 12.1 Å². The first-order chi connectivity index (χ1) is 14.0. The van der Waals surface area contributed by atoms with Crippen LogP contribution >= 0.6 is 0 Å². The van der Waals surface area contributed by atoms with Crippen molar-refractivity contribution in [2.45, 2.75) is 19.5 Å². The van der Waals surface area contributed by atoms with E-state index in [-0.39, 0.29) is 11.5 Å². The summed E-state index contributed by atoms with van der Waals surface area (Å²) in [5.74, 6) is 0.567. The average molecular weight is 390 g/mol. The molecule has 1 N–H and O–H groups in total. The van der Waals surface area contributed by atoms with E-state index < -0.39 is 6.04 Å². The number of benzene rings is 2. The Morgan fingerprint density at radius 2 is 1.97 bits per heavy atom. The van der Waals surface area contributed by atoms with Gasteiger partial charge in [-0.25, -0.2) is 4.68 Å². The van der Waals surface area contributed by atoms with Crippen molar-refractivity contribution in [3.8, 4) is 5.75 Å². The molecule has 29 heavy (non-hydrogen) atoms. The Balaban J connectivity index is 1.72. The third-order valence-electron chi connectivity index (χ3n) is 5.17. The van der Waals surface area contributed by atoms with Gasteiger partial charge in [0.2, 0.25) is 5.91 Å². The molecule has 1 amide bonds. The third kappa shape index (κ3) is 3.24. The molecule has 1 unspecified atom stereocenters. The first-order valence-corrected chi connectivity index (χ1v) is 9.37. The van der Waals surface area contributed by atoms with Crippen LogP contribution in [0.2, 0.25) is 0 Å². The highest BCUT2D eigenvalue weighted by atomic mass is 16.5. The van der Waals surface area contributed by atoms with Crippen LogP contribution < -0.4 is 15.6 Å². The minimum atomic E-state index is -0.571. The van der Waals surface area contributed by atoms with Gasteiger partial charge < -0.3 is 14.6 Å². The van der Waals surface area contributed by atoms with Crippen LogP contribution in [0.3, 0.4) is 0 Å². The molecule has 4 rings (SSSR count). The molecule has 4 aromatic rings. The standard InChI is InChI=1S/C22H22N4O3/c1-14(21(27)23-12-15-7-6-8-16(11-15)29-3)26-19-10-5-4-9-17(19)18-13-24-25(2)22(28)20(18)26/h4-11,13-14H,12H2,1-3H3,(H,23,27). The van der Waals surface area contributed by atoms with Gasteiger partial charge >= 0.3 is 0 Å². The van der Waals surface area contributed by atoms with E-state index in [9.17, 15) is 9.59 Å². The molecule has 0 aliphatic heterocycles. The number of hydrogen-bond acceptors (Lipinski definition) is 4. The number of nitrogens with one attached hydrogen (secondary N) is 1. The molecule has 7 nitrogen and oxygen atoms in total. The van der Waals surface area contributed by atoms with Crippen molar-refractivity contribution in [2.75, 3.05) is 7.11 Å². The summed E-state index contributed by atoms with van der Waals surface area (Å²) >= 11 is 0. The highest BCUT2D eigenvalue weighted by molar-refractivity contribution is 6.08. The number of nitrogens with zero attached hydrogens (tertiary/aromatic N) is 3. The molecule has 0 radical (unpaired) electrons. The number of methoxy groups -OCH3 is 1. The number of ether oxygens (including phenoxy) is 1. The molecule has 0 saturated carbocycles. The van der Waals surface area contributed by atoms with E-state index in [1.54, 1.807) is 31.8 Å². The summed E-state index contributed by atoms with van der Waals surface area (Å²) in [5.41, 5.74) is 2.02. The lowest BCUT2D eigenvalue weighted by Gasteiger charge is -2.17. The second-order valence-corrected chi connectivity index (χ2v) is 6.97. The van der Waals surface area contributed by atoms with E-state index in [1.165, 1.54) is 4.68 Å². The predicted molar refractivity (Wildman–Crippen MR) is 112 cm³/mol. The van der Waals surface area contributed by atoms with Crippen LogP contribution in [-0.2, 0) is 18.4 Å². The summed E-state index contributed by atoms with van der Waals surface area (Å²) < 4.78 is 8.32. The topological polar surface area (TPSA) is 78.2 Å². The van der Waals surface area contributed by atoms with Crippen molar-refractivity contribution in [3.05, 3.63) is 70.6 Å². The van der Waals surface area contributed by atoms with Crippen molar-refractivity contribution in [1.82, 2.24) is 19.7 Å². The van der Waals surface area contributed by atoms with Gasteiger partial charge in [0.05, 0.1) is 18.8 Å². The zero-order valence-electron chi connectivity index (χ0n) is 16.5. The van der Waals surface area contributed by atoms with Gasteiger partial charge in [-0.1, -0.05) is 30.3 Å². The maximum atomic E-state index is 13.0. The van der Waals surface area contributed by atoms with Gasteiger partial charge in [-0.3, -0.25) is 9.59 Å². The molecular formula is C22H22N4O3. The molecule has 0 saturated heterocycles. The minimum absolute atomic E-state index is 0.172. The molecule has 0 spiro atoms. The SMILES string of the molecule is COc1cccc(CNC(=O)C(C)n2c3ccccc3c3cnn(C)c(=O)c32)c1. The number of hydrogen-bond donors (Lipinski definition) is 1. The summed E-state index contributed by atoms with van der Waals surface area (Å²) in [7, 11) is 3.22. The summed E-state index contributed by atoms with van der Waals surface area (Å²) in [5, 5.41) is 8.76. The quantitative estimate of drug-likeness (QED) is 0.568.